The average molecular weight is 382 g/mol. The third kappa shape index (κ3) is 5.78. The number of nitrogens with one attached hydrogen (secondary N) is 2. The topological polar surface area (TPSA) is 60.0 Å². The zero-order valence-corrected chi connectivity index (χ0v) is 17.0. The van der Waals surface area contributed by atoms with Crippen LogP contribution in [0, 0.1) is 5.92 Å². The molecular weight excluding hydrogens is 346 g/mol. The first kappa shape index (κ1) is 19.8. The van der Waals surface area contributed by atoms with Gasteiger partial charge in [-0.1, -0.05) is 12.8 Å². The third-order valence-electron chi connectivity index (χ3n) is 5.85. The van der Waals surface area contributed by atoms with Crippen molar-refractivity contribution in [1.82, 2.24) is 20.4 Å². The largest absolute Gasteiger partial charge is 0.355 e. The second-order valence-electron chi connectivity index (χ2n) is 7.66. The predicted octanol–water partition coefficient (Wildman–Crippen LogP) is 1.38. The van der Waals surface area contributed by atoms with Crippen LogP contribution >= 0.6 is 11.8 Å². The van der Waals surface area contributed by atoms with Gasteiger partial charge in [-0.3, -0.25) is 14.7 Å². The van der Waals surface area contributed by atoms with E-state index < -0.39 is 0 Å². The zero-order chi connectivity index (χ0) is 18.2. The van der Waals surface area contributed by atoms with Crippen molar-refractivity contribution < 1.29 is 4.79 Å². The van der Waals surface area contributed by atoms with Gasteiger partial charge in [-0.05, 0) is 31.4 Å². The molecule has 0 bridgehead atoms. The highest BCUT2D eigenvalue weighted by Gasteiger charge is 2.29. The number of hydrogen-bond acceptors (Lipinski definition) is 4. The minimum Gasteiger partial charge on any atom is -0.355 e. The minimum absolute atomic E-state index is 0.315. The first-order valence-electron chi connectivity index (χ1n) is 10.3. The van der Waals surface area contributed by atoms with Crippen molar-refractivity contribution in [2.75, 3.05) is 58.6 Å². The number of amides is 1. The SMILES string of the molecule is CN=C(NCCN1CCN(C(=O)C2CCCC2)CC1)NCC1CCCS1. The highest BCUT2D eigenvalue weighted by molar-refractivity contribution is 8.00. The molecule has 7 heteroatoms. The third-order valence-corrected chi connectivity index (χ3v) is 7.25. The van der Waals surface area contributed by atoms with Gasteiger partial charge in [-0.25, -0.2) is 0 Å². The highest BCUT2D eigenvalue weighted by Crippen LogP contribution is 2.27. The smallest absolute Gasteiger partial charge is 0.225 e. The maximum absolute atomic E-state index is 12.5. The maximum Gasteiger partial charge on any atom is 0.225 e. The fourth-order valence-corrected chi connectivity index (χ4v) is 5.39. The van der Waals surface area contributed by atoms with E-state index in [0.717, 1.165) is 69.9 Å². The Kier molecular flexibility index (Phi) is 7.92. The second-order valence-corrected chi connectivity index (χ2v) is 9.07. The van der Waals surface area contributed by atoms with Gasteiger partial charge in [-0.2, -0.15) is 11.8 Å². The number of carbonyl (C=O) groups excluding carboxylic acids is 1. The van der Waals surface area contributed by atoms with Gasteiger partial charge in [0.1, 0.15) is 0 Å². The summed E-state index contributed by atoms with van der Waals surface area (Å²) in [6.07, 6.45) is 7.34. The molecule has 0 aromatic rings. The zero-order valence-electron chi connectivity index (χ0n) is 16.2. The molecule has 0 aromatic carbocycles. The molecular formula is C19H35N5OS. The Hall–Kier alpha value is -0.950. The molecule has 0 radical (unpaired) electrons. The molecule has 148 valence electrons. The molecule has 2 heterocycles. The summed E-state index contributed by atoms with van der Waals surface area (Å²) in [4.78, 5) is 21.4. The highest BCUT2D eigenvalue weighted by atomic mass is 32.2. The molecule has 6 nitrogen and oxygen atoms in total. The Labute approximate surface area is 162 Å². The van der Waals surface area contributed by atoms with Crippen molar-refractivity contribution in [2.45, 2.75) is 43.8 Å². The number of aliphatic imine (C=N–C) groups is 1. The molecule has 3 fully saturated rings. The van der Waals surface area contributed by atoms with Crippen molar-refractivity contribution >= 4 is 23.6 Å². The maximum atomic E-state index is 12.5. The van der Waals surface area contributed by atoms with E-state index in [9.17, 15) is 4.79 Å². The lowest BCUT2D eigenvalue weighted by Crippen LogP contribution is -2.52. The summed E-state index contributed by atoms with van der Waals surface area (Å²) in [5, 5.41) is 7.61. The lowest BCUT2D eigenvalue weighted by Gasteiger charge is -2.36. The molecule has 1 saturated carbocycles. The molecule has 1 atom stereocenters. The van der Waals surface area contributed by atoms with Crippen LogP contribution in [0.4, 0.5) is 0 Å². The van der Waals surface area contributed by atoms with Gasteiger partial charge in [0, 0.05) is 64.0 Å². The molecule has 0 spiro atoms. The van der Waals surface area contributed by atoms with Crippen molar-refractivity contribution in [3.63, 3.8) is 0 Å². The van der Waals surface area contributed by atoms with E-state index >= 15 is 0 Å². The number of piperazine rings is 1. The molecule has 3 rings (SSSR count). The van der Waals surface area contributed by atoms with Crippen LogP contribution in [-0.2, 0) is 4.79 Å². The number of carbonyl (C=O) groups is 1. The molecule has 2 saturated heterocycles. The van der Waals surface area contributed by atoms with Crippen molar-refractivity contribution in [2.24, 2.45) is 10.9 Å². The summed E-state index contributed by atoms with van der Waals surface area (Å²) in [6, 6.07) is 0. The summed E-state index contributed by atoms with van der Waals surface area (Å²) < 4.78 is 0. The molecule has 2 aliphatic heterocycles. The number of nitrogens with zero attached hydrogens (tertiary/aromatic N) is 3. The molecule has 3 aliphatic rings. The van der Waals surface area contributed by atoms with Gasteiger partial charge in [0.05, 0.1) is 0 Å². The molecule has 1 amide bonds. The second kappa shape index (κ2) is 10.4. The Morgan fingerprint density at radius 1 is 1.08 bits per heavy atom. The molecule has 2 N–H and O–H groups in total. The Bertz CT molecular complexity index is 467. The van der Waals surface area contributed by atoms with E-state index in [0.29, 0.717) is 11.8 Å². The molecule has 0 aromatic heterocycles. The van der Waals surface area contributed by atoms with Crippen LogP contribution in [0.1, 0.15) is 38.5 Å². The quantitative estimate of drug-likeness (QED) is 0.538. The van der Waals surface area contributed by atoms with Gasteiger partial charge in [0.15, 0.2) is 5.96 Å². The standard InChI is InChI=1S/C19H35N5OS/c1-20-19(22-15-17-7-4-14-26-17)21-8-9-23-10-12-24(13-11-23)18(25)16-5-2-3-6-16/h16-17H,2-15H2,1H3,(H2,20,21,22). The summed E-state index contributed by atoms with van der Waals surface area (Å²) in [5.41, 5.74) is 0. The lowest BCUT2D eigenvalue weighted by molar-refractivity contribution is -0.137. The molecule has 1 aliphatic carbocycles. The summed E-state index contributed by atoms with van der Waals surface area (Å²) in [7, 11) is 1.84. The Balaban J connectivity index is 1.28. The van der Waals surface area contributed by atoms with E-state index in [2.05, 4.69) is 37.2 Å². The van der Waals surface area contributed by atoms with Gasteiger partial charge >= 0.3 is 0 Å². The number of thioether (sulfide) groups is 1. The Morgan fingerprint density at radius 2 is 1.85 bits per heavy atom. The van der Waals surface area contributed by atoms with Crippen LogP contribution in [0.2, 0.25) is 0 Å². The first-order valence-corrected chi connectivity index (χ1v) is 11.4. The van der Waals surface area contributed by atoms with Gasteiger partial charge < -0.3 is 15.5 Å². The number of rotatable bonds is 6. The fourth-order valence-electron chi connectivity index (χ4n) is 4.19. The first-order chi connectivity index (χ1) is 12.8. The van der Waals surface area contributed by atoms with Crippen LogP contribution in [0.5, 0.6) is 0 Å². The van der Waals surface area contributed by atoms with Gasteiger partial charge in [0.25, 0.3) is 0 Å². The van der Waals surface area contributed by atoms with E-state index in [1.165, 1.54) is 31.4 Å². The van der Waals surface area contributed by atoms with Crippen LogP contribution in [0.3, 0.4) is 0 Å². The van der Waals surface area contributed by atoms with Crippen molar-refractivity contribution in [1.29, 1.82) is 0 Å². The van der Waals surface area contributed by atoms with E-state index in [4.69, 9.17) is 0 Å². The average Bonchev–Trinajstić information content (AvgIpc) is 3.38. The number of guanidine groups is 1. The summed E-state index contributed by atoms with van der Waals surface area (Å²) in [6.45, 7) is 6.67. The lowest BCUT2D eigenvalue weighted by atomic mass is 10.1. The van der Waals surface area contributed by atoms with Crippen molar-refractivity contribution in [3.8, 4) is 0 Å². The number of hydrogen-bond donors (Lipinski definition) is 2. The summed E-state index contributed by atoms with van der Waals surface area (Å²) >= 11 is 2.07. The van der Waals surface area contributed by atoms with E-state index in [1.54, 1.807) is 0 Å². The van der Waals surface area contributed by atoms with E-state index in [-0.39, 0.29) is 0 Å². The van der Waals surface area contributed by atoms with Crippen LogP contribution in [0.25, 0.3) is 0 Å². The fraction of sp³-hybridized carbons (Fsp3) is 0.895. The minimum atomic E-state index is 0.315. The van der Waals surface area contributed by atoms with Gasteiger partial charge in [0.2, 0.25) is 5.91 Å². The monoisotopic (exact) mass is 381 g/mol. The molecule has 1 unspecified atom stereocenters. The normalized spacial score (nSPS) is 25.7. The predicted molar refractivity (Wildman–Crippen MR) is 110 cm³/mol. The summed E-state index contributed by atoms with van der Waals surface area (Å²) in [5.74, 6) is 2.94. The molecule has 26 heavy (non-hydrogen) atoms. The van der Waals surface area contributed by atoms with Crippen LogP contribution in [0.15, 0.2) is 4.99 Å². The van der Waals surface area contributed by atoms with E-state index in [1.807, 2.05) is 7.05 Å². The van der Waals surface area contributed by atoms with Crippen LogP contribution < -0.4 is 10.6 Å². The van der Waals surface area contributed by atoms with Gasteiger partial charge in [-0.15, -0.1) is 0 Å². The van der Waals surface area contributed by atoms with Crippen LogP contribution in [-0.4, -0.2) is 85.5 Å². The van der Waals surface area contributed by atoms with Crippen molar-refractivity contribution in [3.05, 3.63) is 0 Å². The Morgan fingerprint density at radius 3 is 2.50 bits per heavy atom.